The molecule has 1 aliphatic rings. The Balaban J connectivity index is 1.96. The third kappa shape index (κ3) is 3.69. The minimum atomic E-state index is -0.945. The van der Waals surface area contributed by atoms with Gasteiger partial charge >= 0.3 is 6.03 Å². The molecule has 2 amide bonds. The molecule has 0 radical (unpaired) electrons. The molecule has 2 atom stereocenters. The van der Waals surface area contributed by atoms with E-state index in [4.69, 9.17) is 0 Å². The van der Waals surface area contributed by atoms with E-state index < -0.39 is 29.2 Å². The lowest BCUT2D eigenvalue weighted by molar-refractivity contribution is 0.154. The van der Waals surface area contributed by atoms with Crippen LogP contribution in [0.4, 0.5) is 13.6 Å². The predicted molar refractivity (Wildman–Crippen MR) is 74.7 cm³/mol. The van der Waals surface area contributed by atoms with Gasteiger partial charge < -0.3 is 15.7 Å². The molecule has 4 nitrogen and oxygen atoms in total. The minimum Gasteiger partial charge on any atom is -0.394 e. The standard InChI is InChI=1S/C15H20F2N2O2/c1-9(10-3-6-12(16)13(17)7-10)18-14(21)19-15(2,8-20)11-4-5-11/h3,6-7,9,11,20H,4-5,8H2,1-2H3,(H2,18,19,21). The van der Waals surface area contributed by atoms with Crippen molar-refractivity contribution < 1.29 is 18.7 Å². The summed E-state index contributed by atoms with van der Waals surface area (Å²) in [6.07, 6.45) is 1.96. The van der Waals surface area contributed by atoms with E-state index in [1.54, 1.807) is 13.8 Å². The summed E-state index contributed by atoms with van der Waals surface area (Å²) in [6, 6.07) is 2.61. The maximum atomic E-state index is 13.2. The van der Waals surface area contributed by atoms with E-state index in [0.717, 1.165) is 25.0 Å². The van der Waals surface area contributed by atoms with Crippen LogP contribution in [-0.4, -0.2) is 23.3 Å². The Morgan fingerprint density at radius 1 is 1.43 bits per heavy atom. The van der Waals surface area contributed by atoms with Crippen LogP contribution in [-0.2, 0) is 0 Å². The van der Waals surface area contributed by atoms with Crippen LogP contribution in [0.1, 0.15) is 38.3 Å². The first-order valence-corrected chi connectivity index (χ1v) is 7.00. The Hall–Kier alpha value is -1.69. The molecule has 0 spiro atoms. The van der Waals surface area contributed by atoms with E-state index >= 15 is 0 Å². The van der Waals surface area contributed by atoms with Gasteiger partial charge in [-0.3, -0.25) is 0 Å². The molecule has 0 aliphatic heterocycles. The number of rotatable bonds is 5. The molecule has 0 aromatic heterocycles. The van der Waals surface area contributed by atoms with Gasteiger partial charge in [0.1, 0.15) is 0 Å². The van der Waals surface area contributed by atoms with E-state index in [9.17, 15) is 18.7 Å². The van der Waals surface area contributed by atoms with Gasteiger partial charge in [0.2, 0.25) is 0 Å². The number of halogens is 2. The van der Waals surface area contributed by atoms with Crippen LogP contribution < -0.4 is 10.6 Å². The van der Waals surface area contributed by atoms with Gasteiger partial charge in [-0.15, -0.1) is 0 Å². The van der Waals surface area contributed by atoms with E-state index in [-0.39, 0.29) is 12.5 Å². The molecule has 0 bridgehead atoms. The summed E-state index contributed by atoms with van der Waals surface area (Å²) in [5.41, 5.74) is -0.168. The quantitative estimate of drug-likeness (QED) is 0.782. The second-order valence-electron chi connectivity index (χ2n) is 5.84. The maximum absolute atomic E-state index is 13.2. The van der Waals surface area contributed by atoms with Crippen molar-refractivity contribution >= 4 is 6.03 Å². The first-order chi connectivity index (χ1) is 9.85. The van der Waals surface area contributed by atoms with Gasteiger partial charge in [0.25, 0.3) is 0 Å². The largest absolute Gasteiger partial charge is 0.394 e. The van der Waals surface area contributed by atoms with Gasteiger partial charge in [-0.2, -0.15) is 0 Å². The summed E-state index contributed by atoms with van der Waals surface area (Å²) < 4.78 is 26.1. The lowest BCUT2D eigenvalue weighted by atomic mass is 9.97. The number of nitrogens with one attached hydrogen (secondary N) is 2. The van der Waals surface area contributed by atoms with Crippen molar-refractivity contribution in [2.75, 3.05) is 6.61 Å². The number of carbonyl (C=O) groups excluding carboxylic acids is 1. The molecule has 1 aliphatic carbocycles. The Bertz CT molecular complexity index is 534. The zero-order chi connectivity index (χ0) is 15.6. The highest BCUT2D eigenvalue weighted by molar-refractivity contribution is 5.75. The van der Waals surface area contributed by atoms with Gasteiger partial charge in [-0.25, -0.2) is 13.6 Å². The molecular weight excluding hydrogens is 278 g/mol. The number of aliphatic hydroxyl groups is 1. The zero-order valence-corrected chi connectivity index (χ0v) is 12.1. The van der Waals surface area contributed by atoms with Crippen LogP contribution in [0.25, 0.3) is 0 Å². The van der Waals surface area contributed by atoms with E-state index in [1.165, 1.54) is 6.07 Å². The highest BCUT2D eigenvalue weighted by Crippen LogP contribution is 2.39. The predicted octanol–water partition coefficient (Wildman–Crippen LogP) is 2.49. The van der Waals surface area contributed by atoms with Gasteiger partial charge in [0, 0.05) is 0 Å². The monoisotopic (exact) mass is 298 g/mol. The number of benzene rings is 1. The Morgan fingerprint density at radius 3 is 2.62 bits per heavy atom. The fourth-order valence-corrected chi connectivity index (χ4v) is 2.35. The van der Waals surface area contributed by atoms with E-state index in [0.29, 0.717) is 5.56 Å². The summed E-state index contributed by atoms with van der Waals surface area (Å²) in [7, 11) is 0. The number of amides is 2. The maximum Gasteiger partial charge on any atom is 0.315 e. The second-order valence-corrected chi connectivity index (χ2v) is 5.84. The summed E-state index contributed by atoms with van der Waals surface area (Å²) in [4.78, 5) is 12.0. The fourth-order valence-electron chi connectivity index (χ4n) is 2.35. The fraction of sp³-hybridized carbons (Fsp3) is 0.533. The molecule has 1 aromatic carbocycles. The van der Waals surface area contributed by atoms with Crippen molar-refractivity contribution in [1.82, 2.24) is 10.6 Å². The summed E-state index contributed by atoms with van der Waals surface area (Å²) in [5, 5.41) is 14.9. The van der Waals surface area contributed by atoms with Crippen molar-refractivity contribution in [2.45, 2.75) is 38.3 Å². The number of aliphatic hydroxyl groups excluding tert-OH is 1. The average Bonchev–Trinajstić information content (AvgIpc) is 3.26. The van der Waals surface area contributed by atoms with Crippen LogP contribution >= 0.6 is 0 Å². The lowest BCUT2D eigenvalue weighted by Crippen LogP contribution is -2.54. The summed E-state index contributed by atoms with van der Waals surface area (Å²) >= 11 is 0. The summed E-state index contributed by atoms with van der Waals surface area (Å²) in [5.74, 6) is -1.58. The van der Waals surface area contributed by atoms with Crippen LogP contribution in [0, 0.1) is 17.6 Å². The number of hydrogen-bond donors (Lipinski definition) is 3. The highest BCUT2D eigenvalue weighted by Gasteiger charge is 2.42. The Labute approximate surface area is 122 Å². The molecule has 21 heavy (non-hydrogen) atoms. The van der Waals surface area contributed by atoms with Gasteiger partial charge in [-0.05, 0) is 50.3 Å². The van der Waals surface area contributed by atoms with Crippen LogP contribution in [0.2, 0.25) is 0 Å². The zero-order valence-electron chi connectivity index (χ0n) is 12.1. The first-order valence-electron chi connectivity index (χ1n) is 7.00. The topological polar surface area (TPSA) is 61.4 Å². The normalized spacial score (nSPS) is 18.7. The van der Waals surface area contributed by atoms with Gasteiger partial charge in [0.05, 0.1) is 18.2 Å². The van der Waals surface area contributed by atoms with E-state index in [1.807, 2.05) is 0 Å². The minimum absolute atomic E-state index is 0.134. The van der Waals surface area contributed by atoms with Crippen molar-refractivity contribution in [2.24, 2.45) is 5.92 Å². The third-order valence-electron chi connectivity index (χ3n) is 4.00. The molecule has 0 saturated heterocycles. The van der Waals surface area contributed by atoms with Crippen LogP contribution in [0.3, 0.4) is 0 Å². The van der Waals surface area contributed by atoms with Crippen molar-refractivity contribution in [1.29, 1.82) is 0 Å². The van der Waals surface area contributed by atoms with Gasteiger partial charge in [0.15, 0.2) is 11.6 Å². The Morgan fingerprint density at radius 2 is 2.10 bits per heavy atom. The highest BCUT2D eigenvalue weighted by atomic mass is 19.2. The van der Waals surface area contributed by atoms with Gasteiger partial charge in [-0.1, -0.05) is 6.07 Å². The average molecular weight is 298 g/mol. The number of carbonyl (C=O) groups is 1. The van der Waals surface area contributed by atoms with Crippen molar-refractivity contribution in [3.05, 3.63) is 35.4 Å². The van der Waals surface area contributed by atoms with Crippen molar-refractivity contribution in [3.63, 3.8) is 0 Å². The van der Waals surface area contributed by atoms with Crippen molar-refractivity contribution in [3.8, 4) is 0 Å². The molecule has 1 saturated carbocycles. The molecule has 1 aromatic rings. The first kappa shape index (κ1) is 15.7. The summed E-state index contributed by atoms with van der Waals surface area (Å²) in [6.45, 7) is 3.34. The molecular formula is C15H20F2N2O2. The number of urea groups is 1. The molecule has 6 heteroatoms. The molecule has 1 fully saturated rings. The lowest BCUT2D eigenvalue weighted by Gasteiger charge is -2.29. The SMILES string of the molecule is CC(NC(=O)NC(C)(CO)C1CC1)c1ccc(F)c(F)c1. The van der Waals surface area contributed by atoms with E-state index in [2.05, 4.69) is 10.6 Å². The molecule has 0 heterocycles. The smallest absolute Gasteiger partial charge is 0.315 e. The molecule has 3 N–H and O–H groups in total. The Kier molecular flexibility index (Phi) is 4.46. The molecule has 116 valence electrons. The van der Waals surface area contributed by atoms with Crippen LogP contribution in [0.5, 0.6) is 0 Å². The number of hydrogen-bond acceptors (Lipinski definition) is 2. The van der Waals surface area contributed by atoms with Crippen LogP contribution in [0.15, 0.2) is 18.2 Å². The second kappa shape index (κ2) is 5.97. The molecule has 2 rings (SSSR count). The third-order valence-corrected chi connectivity index (χ3v) is 4.00. The molecule has 2 unspecified atom stereocenters.